The van der Waals surface area contributed by atoms with E-state index < -0.39 is 0 Å². The molecular weight excluding hydrogens is 202 g/mol. The lowest BCUT2D eigenvalue weighted by Gasteiger charge is -1.97. The molecule has 0 spiro atoms. The van der Waals surface area contributed by atoms with Crippen molar-refractivity contribution in [3.8, 4) is 0 Å². The molecule has 14 heavy (non-hydrogen) atoms. The summed E-state index contributed by atoms with van der Waals surface area (Å²) in [4.78, 5) is 8.03. The van der Waals surface area contributed by atoms with Gasteiger partial charge in [0.25, 0.3) is 0 Å². The quantitative estimate of drug-likeness (QED) is 0.680. The topological polar surface area (TPSA) is 95.4 Å². The maximum atomic E-state index is 5.50. The molecule has 72 valence electrons. The van der Waals surface area contributed by atoms with Crippen molar-refractivity contribution in [2.45, 2.75) is 10.3 Å². The summed E-state index contributed by atoms with van der Waals surface area (Å²) in [6.45, 7) is 0. The molecule has 8 heteroatoms. The first-order valence-corrected chi connectivity index (χ1v) is 4.56. The molecular formula is C6H7N7S. The van der Waals surface area contributed by atoms with E-state index in [2.05, 4.69) is 25.5 Å². The van der Waals surface area contributed by atoms with Crippen LogP contribution in [0.3, 0.4) is 0 Å². The molecule has 2 heterocycles. The Bertz CT molecular complexity index is 439. The number of tetrazole rings is 1. The molecule has 0 unspecified atom stereocenters. The summed E-state index contributed by atoms with van der Waals surface area (Å²) in [5.41, 5.74) is 5.50. The fraction of sp³-hybridized carbons (Fsp3) is 0.167. The second kappa shape index (κ2) is 3.58. The number of nitrogens with zero attached hydrogens (tertiary/aromatic N) is 6. The van der Waals surface area contributed by atoms with E-state index in [1.807, 2.05) is 0 Å². The van der Waals surface area contributed by atoms with Crippen LogP contribution in [0.1, 0.15) is 0 Å². The number of nitrogens with two attached hydrogens (primary N) is 1. The fourth-order valence-corrected chi connectivity index (χ4v) is 1.47. The Kier molecular flexibility index (Phi) is 2.27. The largest absolute Gasteiger partial charge is 0.384 e. The van der Waals surface area contributed by atoms with Gasteiger partial charge in [-0.05, 0) is 28.3 Å². The van der Waals surface area contributed by atoms with Crippen molar-refractivity contribution in [2.75, 3.05) is 5.73 Å². The molecule has 0 amide bonds. The standard InChI is InChI=1S/C6H7N7S/c1-13-6(10-11-12-13)14-5-8-3-2-4(7)9-5/h2-3H,1H3,(H2,7,8,9). The van der Waals surface area contributed by atoms with Crippen LogP contribution in [0.4, 0.5) is 5.82 Å². The summed E-state index contributed by atoms with van der Waals surface area (Å²) in [5.74, 6) is 0.428. The van der Waals surface area contributed by atoms with Gasteiger partial charge < -0.3 is 5.73 Å². The molecule has 0 bridgehead atoms. The van der Waals surface area contributed by atoms with Gasteiger partial charge in [0, 0.05) is 13.2 Å². The second-order valence-electron chi connectivity index (χ2n) is 2.45. The van der Waals surface area contributed by atoms with Crippen molar-refractivity contribution in [3.63, 3.8) is 0 Å². The van der Waals surface area contributed by atoms with E-state index in [-0.39, 0.29) is 0 Å². The zero-order valence-electron chi connectivity index (χ0n) is 7.32. The highest BCUT2D eigenvalue weighted by atomic mass is 32.2. The number of aromatic nitrogens is 6. The van der Waals surface area contributed by atoms with E-state index in [1.54, 1.807) is 19.3 Å². The molecule has 0 aliphatic carbocycles. The van der Waals surface area contributed by atoms with Crippen LogP contribution in [-0.2, 0) is 7.05 Å². The van der Waals surface area contributed by atoms with E-state index >= 15 is 0 Å². The minimum atomic E-state index is 0.428. The smallest absolute Gasteiger partial charge is 0.216 e. The maximum absolute atomic E-state index is 5.50. The van der Waals surface area contributed by atoms with Crippen LogP contribution in [-0.4, -0.2) is 30.2 Å². The highest BCUT2D eigenvalue weighted by Gasteiger charge is 2.06. The Labute approximate surface area is 83.7 Å². The number of hydrogen-bond donors (Lipinski definition) is 1. The van der Waals surface area contributed by atoms with E-state index in [0.717, 1.165) is 0 Å². The Morgan fingerprint density at radius 1 is 1.50 bits per heavy atom. The minimum Gasteiger partial charge on any atom is -0.384 e. The first-order valence-electron chi connectivity index (χ1n) is 3.74. The molecule has 0 aliphatic heterocycles. The predicted molar refractivity (Wildman–Crippen MR) is 49.4 cm³/mol. The third-order valence-electron chi connectivity index (χ3n) is 1.42. The van der Waals surface area contributed by atoms with Crippen LogP contribution in [0.25, 0.3) is 0 Å². The van der Waals surface area contributed by atoms with Gasteiger partial charge >= 0.3 is 0 Å². The van der Waals surface area contributed by atoms with Crippen molar-refractivity contribution in [1.29, 1.82) is 0 Å². The van der Waals surface area contributed by atoms with Crippen molar-refractivity contribution in [1.82, 2.24) is 30.2 Å². The number of aryl methyl sites for hydroxylation is 1. The summed E-state index contributed by atoms with van der Waals surface area (Å²) in [6.07, 6.45) is 1.59. The lowest BCUT2D eigenvalue weighted by molar-refractivity contribution is 0.663. The zero-order valence-corrected chi connectivity index (χ0v) is 8.14. The molecule has 0 aromatic carbocycles. The molecule has 7 nitrogen and oxygen atoms in total. The lowest BCUT2D eigenvalue weighted by atomic mass is 10.6. The zero-order chi connectivity index (χ0) is 9.97. The number of nitrogen functional groups attached to an aromatic ring is 1. The van der Waals surface area contributed by atoms with E-state index in [1.165, 1.54) is 16.4 Å². The third-order valence-corrected chi connectivity index (χ3v) is 2.33. The van der Waals surface area contributed by atoms with Crippen LogP contribution in [0.5, 0.6) is 0 Å². The monoisotopic (exact) mass is 209 g/mol. The molecule has 0 saturated heterocycles. The van der Waals surface area contributed by atoms with Crippen LogP contribution >= 0.6 is 11.8 Å². The molecule has 0 aliphatic rings. The fourth-order valence-electron chi connectivity index (χ4n) is 0.792. The molecule has 2 aromatic heterocycles. The van der Waals surface area contributed by atoms with Crippen molar-refractivity contribution >= 4 is 17.6 Å². The first-order chi connectivity index (χ1) is 6.75. The second-order valence-corrected chi connectivity index (χ2v) is 3.39. The summed E-state index contributed by atoms with van der Waals surface area (Å²) >= 11 is 1.26. The van der Waals surface area contributed by atoms with Gasteiger partial charge in [0.1, 0.15) is 5.82 Å². The van der Waals surface area contributed by atoms with Crippen LogP contribution in [0.15, 0.2) is 22.6 Å². The molecule has 0 atom stereocenters. The highest BCUT2D eigenvalue weighted by Crippen LogP contribution is 2.20. The summed E-state index contributed by atoms with van der Waals surface area (Å²) in [5, 5.41) is 12.1. The van der Waals surface area contributed by atoms with E-state index in [4.69, 9.17) is 5.73 Å². The van der Waals surface area contributed by atoms with Gasteiger partial charge in [-0.15, -0.1) is 5.10 Å². The number of rotatable bonds is 2. The molecule has 2 N–H and O–H groups in total. The SMILES string of the molecule is Cn1nnnc1Sc1nccc(N)n1. The molecule has 2 rings (SSSR count). The number of hydrogen-bond acceptors (Lipinski definition) is 7. The van der Waals surface area contributed by atoms with Crippen molar-refractivity contribution in [3.05, 3.63) is 12.3 Å². The molecule has 2 aromatic rings. The maximum Gasteiger partial charge on any atom is 0.216 e. The summed E-state index contributed by atoms with van der Waals surface area (Å²) < 4.78 is 1.54. The lowest BCUT2D eigenvalue weighted by Crippen LogP contribution is -1.96. The van der Waals surface area contributed by atoms with Crippen LogP contribution in [0.2, 0.25) is 0 Å². The van der Waals surface area contributed by atoms with Gasteiger partial charge in [-0.1, -0.05) is 0 Å². The predicted octanol–water partition coefficient (Wildman–Crippen LogP) is -0.267. The van der Waals surface area contributed by atoms with Crippen LogP contribution in [0, 0.1) is 0 Å². The summed E-state index contributed by atoms with van der Waals surface area (Å²) in [6, 6.07) is 1.62. The summed E-state index contributed by atoms with van der Waals surface area (Å²) in [7, 11) is 1.74. The molecule has 0 saturated carbocycles. The Morgan fingerprint density at radius 3 is 3.00 bits per heavy atom. The van der Waals surface area contributed by atoms with Gasteiger partial charge in [-0.25, -0.2) is 14.6 Å². The Morgan fingerprint density at radius 2 is 2.36 bits per heavy atom. The normalized spacial score (nSPS) is 10.4. The van der Waals surface area contributed by atoms with Crippen LogP contribution < -0.4 is 5.73 Å². The van der Waals surface area contributed by atoms with Gasteiger partial charge in [0.2, 0.25) is 5.16 Å². The van der Waals surface area contributed by atoms with E-state index in [0.29, 0.717) is 16.1 Å². The van der Waals surface area contributed by atoms with Crippen molar-refractivity contribution in [2.24, 2.45) is 7.05 Å². The van der Waals surface area contributed by atoms with Gasteiger partial charge in [-0.3, -0.25) is 0 Å². The molecule has 0 fully saturated rings. The van der Waals surface area contributed by atoms with Gasteiger partial charge in [0.15, 0.2) is 5.16 Å². The Balaban J connectivity index is 2.23. The minimum absolute atomic E-state index is 0.428. The highest BCUT2D eigenvalue weighted by molar-refractivity contribution is 7.99. The average molecular weight is 209 g/mol. The average Bonchev–Trinajstić information content (AvgIpc) is 2.52. The molecule has 0 radical (unpaired) electrons. The first kappa shape index (κ1) is 8.88. The Hall–Kier alpha value is -1.70. The van der Waals surface area contributed by atoms with Gasteiger partial charge in [-0.2, -0.15) is 0 Å². The third kappa shape index (κ3) is 1.79. The van der Waals surface area contributed by atoms with Gasteiger partial charge in [0.05, 0.1) is 0 Å². The van der Waals surface area contributed by atoms with Crippen molar-refractivity contribution < 1.29 is 0 Å². The number of anilines is 1. The van der Waals surface area contributed by atoms with E-state index in [9.17, 15) is 0 Å².